The van der Waals surface area contributed by atoms with Crippen LogP contribution in [0.4, 0.5) is 0 Å². The lowest BCUT2D eigenvalue weighted by molar-refractivity contribution is 0.309. The average molecular weight is 349 g/mol. The van der Waals surface area contributed by atoms with Crippen molar-refractivity contribution in [1.82, 2.24) is 4.72 Å². The molecule has 0 aliphatic carbocycles. The van der Waals surface area contributed by atoms with Gasteiger partial charge < -0.3 is 4.74 Å². The molecule has 0 bridgehead atoms. The molecule has 132 valence electrons. The Morgan fingerprint density at radius 2 is 1.67 bits per heavy atom. The van der Waals surface area contributed by atoms with Crippen molar-refractivity contribution in [1.29, 1.82) is 0 Å². The fourth-order valence-corrected chi connectivity index (χ4v) is 4.23. The highest BCUT2D eigenvalue weighted by Gasteiger charge is 2.24. The highest BCUT2D eigenvalue weighted by molar-refractivity contribution is 7.89. The largest absolute Gasteiger partial charge is 0.493 e. The molecule has 0 aromatic heterocycles. The number of ether oxygens (including phenoxy) is 1. The van der Waals surface area contributed by atoms with Gasteiger partial charge in [-0.1, -0.05) is 44.0 Å². The van der Waals surface area contributed by atoms with Crippen LogP contribution in [0.5, 0.6) is 5.75 Å². The first-order valence-electron chi connectivity index (χ1n) is 8.43. The first-order chi connectivity index (χ1) is 11.2. The SMILES string of the molecule is CCCCCOc1ccc(S(=O)(=O)NC(C)(C)C)c2ccccc12. The summed E-state index contributed by atoms with van der Waals surface area (Å²) in [6.45, 7) is 8.29. The zero-order valence-corrected chi connectivity index (χ0v) is 15.7. The van der Waals surface area contributed by atoms with Crippen LogP contribution < -0.4 is 9.46 Å². The Morgan fingerprint density at radius 1 is 1.00 bits per heavy atom. The number of sulfonamides is 1. The summed E-state index contributed by atoms with van der Waals surface area (Å²) in [5.41, 5.74) is -0.532. The molecule has 2 aromatic rings. The molecule has 0 heterocycles. The second kappa shape index (κ2) is 7.53. The van der Waals surface area contributed by atoms with Crippen LogP contribution in [0.3, 0.4) is 0 Å². The molecule has 0 fully saturated rings. The van der Waals surface area contributed by atoms with E-state index in [0.29, 0.717) is 12.0 Å². The van der Waals surface area contributed by atoms with E-state index in [0.717, 1.165) is 30.4 Å². The lowest BCUT2D eigenvalue weighted by Gasteiger charge is -2.21. The van der Waals surface area contributed by atoms with E-state index in [-0.39, 0.29) is 4.90 Å². The molecule has 2 aromatic carbocycles. The lowest BCUT2D eigenvalue weighted by Crippen LogP contribution is -2.40. The summed E-state index contributed by atoms with van der Waals surface area (Å²) in [4.78, 5) is 0.286. The quantitative estimate of drug-likeness (QED) is 0.750. The summed E-state index contributed by atoms with van der Waals surface area (Å²) in [5, 5.41) is 1.51. The van der Waals surface area contributed by atoms with Crippen molar-refractivity contribution in [3.8, 4) is 5.75 Å². The smallest absolute Gasteiger partial charge is 0.241 e. The van der Waals surface area contributed by atoms with Crippen molar-refractivity contribution in [2.45, 2.75) is 57.4 Å². The normalized spacial score (nSPS) is 12.5. The molecule has 0 aliphatic heterocycles. The van der Waals surface area contributed by atoms with Crippen LogP contribution in [0.1, 0.15) is 47.0 Å². The van der Waals surface area contributed by atoms with E-state index in [2.05, 4.69) is 11.6 Å². The Morgan fingerprint density at radius 3 is 2.29 bits per heavy atom. The number of benzene rings is 2. The minimum Gasteiger partial charge on any atom is -0.493 e. The van der Waals surface area contributed by atoms with Gasteiger partial charge in [0.05, 0.1) is 11.5 Å². The van der Waals surface area contributed by atoms with E-state index in [1.165, 1.54) is 0 Å². The van der Waals surface area contributed by atoms with Gasteiger partial charge in [-0.3, -0.25) is 0 Å². The molecule has 0 aliphatic rings. The first-order valence-corrected chi connectivity index (χ1v) is 9.91. The molecule has 0 radical (unpaired) electrons. The predicted molar refractivity (Wildman–Crippen MR) is 99.0 cm³/mol. The van der Waals surface area contributed by atoms with Gasteiger partial charge >= 0.3 is 0 Å². The van der Waals surface area contributed by atoms with Gasteiger partial charge in [-0.2, -0.15) is 0 Å². The van der Waals surface area contributed by atoms with Crippen LogP contribution in [0.25, 0.3) is 10.8 Å². The first kappa shape index (κ1) is 18.7. The maximum absolute atomic E-state index is 12.7. The molecular weight excluding hydrogens is 322 g/mol. The van der Waals surface area contributed by atoms with Crippen LogP contribution in [0.15, 0.2) is 41.3 Å². The Balaban J connectivity index is 2.41. The third kappa shape index (κ3) is 4.71. The van der Waals surface area contributed by atoms with Crippen molar-refractivity contribution in [2.24, 2.45) is 0 Å². The number of hydrogen-bond acceptors (Lipinski definition) is 3. The Kier molecular flexibility index (Phi) is 5.88. The van der Waals surface area contributed by atoms with Crippen molar-refractivity contribution in [3.05, 3.63) is 36.4 Å². The fraction of sp³-hybridized carbons (Fsp3) is 0.474. The number of unbranched alkanes of at least 4 members (excludes halogenated alkanes) is 2. The molecule has 0 amide bonds. The zero-order chi connectivity index (χ0) is 17.8. The van der Waals surface area contributed by atoms with E-state index < -0.39 is 15.6 Å². The van der Waals surface area contributed by atoms with Crippen LogP contribution >= 0.6 is 0 Å². The van der Waals surface area contributed by atoms with E-state index in [4.69, 9.17) is 4.74 Å². The van der Waals surface area contributed by atoms with Crippen molar-refractivity contribution in [2.75, 3.05) is 6.61 Å². The molecule has 1 N–H and O–H groups in total. The number of hydrogen-bond donors (Lipinski definition) is 1. The monoisotopic (exact) mass is 349 g/mol. The molecule has 0 spiro atoms. The molecular formula is C19H27NO3S. The summed E-state index contributed by atoms with van der Waals surface area (Å²) in [6.07, 6.45) is 3.26. The van der Waals surface area contributed by atoms with E-state index in [9.17, 15) is 8.42 Å². The average Bonchev–Trinajstić information content (AvgIpc) is 2.49. The van der Waals surface area contributed by atoms with Gasteiger partial charge in [-0.05, 0) is 39.3 Å². The van der Waals surface area contributed by atoms with Gasteiger partial charge in [0.1, 0.15) is 5.75 Å². The molecule has 0 atom stereocenters. The van der Waals surface area contributed by atoms with Gasteiger partial charge in [0.15, 0.2) is 0 Å². The summed E-state index contributed by atoms with van der Waals surface area (Å²) in [6, 6.07) is 10.9. The van der Waals surface area contributed by atoms with Crippen LogP contribution in [-0.2, 0) is 10.0 Å². The molecule has 0 unspecified atom stereocenters. The van der Waals surface area contributed by atoms with Crippen molar-refractivity contribution >= 4 is 20.8 Å². The highest BCUT2D eigenvalue weighted by atomic mass is 32.2. The van der Waals surface area contributed by atoms with Gasteiger partial charge in [0.2, 0.25) is 10.0 Å². The van der Waals surface area contributed by atoms with Gasteiger partial charge in [0, 0.05) is 16.3 Å². The molecule has 0 saturated carbocycles. The minimum atomic E-state index is -3.60. The number of nitrogens with one attached hydrogen (secondary N) is 1. The molecule has 24 heavy (non-hydrogen) atoms. The standard InChI is InChI=1S/C19H27NO3S/c1-5-6-9-14-23-17-12-13-18(16-11-8-7-10-15(16)17)24(21,22)20-19(2,3)4/h7-8,10-13,20H,5-6,9,14H2,1-4H3. The Bertz CT molecular complexity index is 792. The van der Waals surface area contributed by atoms with Gasteiger partial charge in [-0.15, -0.1) is 0 Å². The third-order valence-corrected chi connectivity index (χ3v) is 5.40. The molecule has 0 saturated heterocycles. The minimum absolute atomic E-state index is 0.286. The number of rotatable bonds is 7. The predicted octanol–water partition coefficient (Wildman–Crippen LogP) is 4.49. The summed E-state index contributed by atoms with van der Waals surface area (Å²) in [5.74, 6) is 0.733. The highest BCUT2D eigenvalue weighted by Crippen LogP contribution is 2.31. The maximum Gasteiger partial charge on any atom is 0.241 e. The van der Waals surface area contributed by atoms with E-state index in [1.54, 1.807) is 12.1 Å². The van der Waals surface area contributed by atoms with Crippen LogP contribution in [0.2, 0.25) is 0 Å². The van der Waals surface area contributed by atoms with E-state index >= 15 is 0 Å². The Labute approximate surface area is 145 Å². The summed E-state index contributed by atoms with van der Waals surface area (Å²) in [7, 11) is -3.60. The Hall–Kier alpha value is -1.59. The second-order valence-electron chi connectivity index (χ2n) is 7.02. The lowest BCUT2D eigenvalue weighted by atomic mass is 10.1. The second-order valence-corrected chi connectivity index (χ2v) is 8.67. The van der Waals surface area contributed by atoms with Gasteiger partial charge in [-0.25, -0.2) is 13.1 Å². The summed E-state index contributed by atoms with van der Waals surface area (Å²) < 4.78 is 34.0. The van der Waals surface area contributed by atoms with E-state index in [1.807, 2.05) is 45.0 Å². The molecule has 4 nitrogen and oxygen atoms in total. The molecule has 5 heteroatoms. The fourth-order valence-electron chi connectivity index (χ4n) is 2.60. The topological polar surface area (TPSA) is 55.4 Å². The van der Waals surface area contributed by atoms with Crippen molar-refractivity contribution in [3.63, 3.8) is 0 Å². The van der Waals surface area contributed by atoms with Crippen molar-refractivity contribution < 1.29 is 13.2 Å². The van der Waals surface area contributed by atoms with Crippen LogP contribution in [-0.4, -0.2) is 20.6 Å². The van der Waals surface area contributed by atoms with Crippen LogP contribution in [0, 0.1) is 0 Å². The number of fused-ring (bicyclic) bond motifs is 1. The zero-order valence-electron chi connectivity index (χ0n) is 14.9. The summed E-state index contributed by atoms with van der Waals surface area (Å²) >= 11 is 0. The third-order valence-electron chi connectivity index (χ3n) is 3.58. The maximum atomic E-state index is 12.7. The van der Waals surface area contributed by atoms with Gasteiger partial charge in [0.25, 0.3) is 0 Å². The molecule has 2 rings (SSSR count).